The van der Waals surface area contributed by atoms with Gasteiger partial charge in [0, 0.05) is 0 Å². The largest absolute Gasteiger partial charge is 0.480 e. The number of nitrogens with one attached hydrogen (secondary N) is 4. The lowest BCUT2D eigenvalue weighted by Gasteiger charge is -2.18. The van der Waals surface area contributed by atoms with Crippen molar-refractivity contribution in [1.29, 1.82) is 0 Å². The molecule has 0 spiro atoms. The molecule has 1 fully saturated rings. The molecule has 0 aromatic carbocycles. The van der Waals surface area contributed by atoms with E-state index < -0.39 is 23.8 Å². The summed E-state index contributed by atoms with van der Waals surface area (Å²) in [6, 6.07) is -1.28. The van der Waals surface area contributed by atoms with E-state index >= 15 is 0 Å². The molecule has 9 heteroatoms. The Kier molecular flexibility index (Phi) is 7.46. The summed E-state index contributed by atoms with van der Waals surface area (Å²) < 4.78 is 0. The normalized spacial score (nSPS) is 18.3. The molecule has 2 unspecified atom stereocenters. The van der Waals surface area contributed by atoms with E-state index in [1.54, 1.807) is 13.8 Å². The maximum atomic E-state index is 11.7. The topological polar surface area (TPSA) is 137 Å². The number of hydrogen-bond acceptors (Lipinski definition) is 5. The average Bonchev–Trinajstić information content (AvgIpc) is 3.01. The van der Waals surface area contributed by atoms with Crippen LogP contribution in [0.15, 0.2) is 0 Å². The van der Waals surface area contributed by atoms with Crippen LogP contribution in [0.25, 0.3) is 0 Å². The molecule has 0 saturated carbocycles. The van der Waals surface area contributed by atoms with Gasteiger partial charge in [-0.15, -0.1) is 0 Å². The van der Waals surface area contributed by atoms with Gasteiger partial charge in [0.25, 0.3) is 0 Å². The first kappa shape index (κ1) is 18.9. The van der Waals surface area contributed by atoms with E-state index in [9.17, 15) is 19.2 Å². The molecule has 2 atom stereocenters. The molecule has 1 heterocycles. The van der Waals surface area contributed by atoms with Crippen molar-refractivity contribution in [1.82, 2.24) is 21.3 Å². The van der Waals surface area contributed by atoms with Gasteiger partial charge in [0.2, 0.25) is 17.7 Å². The van der Waals surface area contributed by atoms with Gasteiger partial charge in [0.1, 0.15) is 6.04 Å². The summed E-state index contributed by atoms with van der Waals surface area (Å²) in [5.74, 6) is -2.75. The van der Waals surface area contributed by atoms with Crippen LogP contribution in [0.5, 0.6) is 0 Å². The lowest BCUT2D eigenvalue weighted by atomic mass is 10.1. The zero-order chi connectivity index (χ0) is 17.4. The van der Waals surface area contributed by atoms with E-state index in [4.69, 9.17) is 5.11 Å². The minimum Gasteiger partial charge on any atom is -0.480 e. The van der Waals surface area contributed by atoms with Crippen LogP contribution < -0.4 is 21.3 Å². The van der Waals surface area contributed by atoms with Gasteiger partial charge in [-0.05, 0) is 25.3 Å². The third-order valence-corrected chi connectivity index (χ3v) is 3.50. The quantitative estimate of drug-likeness (QED) is 0.356. The highest BCUT2D eigenvalue weighted by atomic mass is 16.4. The Hall–Kier alpha value is -2.16. The summed E-state index contributed by atoms with van der Waals surface area (Å²) in [6.45, 7) is 3.56. The zero-order valence-electron chi connectivity index (χ0n) is 13.3. The van der Waals surface area contributed by atoms with Gasteiger partial charge in [-0.2, -0.15) is 0 Å². The van der Waals surface area contributed by atoms with Gasteiger partial charge in [-0.3, -0.25) is 14.4 Å². The van der Waals surface area contributed by atoms with Gasteiger partial charge in [0.05, 0.1) is 19.1 Å². The standard InChI is InChI=1S/C14H24N4O5/c1-8(2)12(14(22)23)18-11(20)7-16-10(19)6-17-13(21)9-4-3-5-15-9/h8-9,12,15H,3-7H2,1-2H3,(H,16,19)(H,17,21)(H,18,20)(H,22,23). The SMILES string of the molecule is CC(C)C(NC(=O)CNC(=O)CNC(=O)C1CCCN1)C(=O)O. The van der Waals surface area contributed by atoms with Crippen molar-refractivity contribution in [3.8, 4) is 0 Å². The van der Waals surface area contributed by atoms with Crippen LogP contribution in [-0.4, -0.2) is 60.5 Å². The minimum atomic E-state index is -1.13. The Balaban J connectivity index is 2.25. The first-order chi connectivity index (χ1) is 10.8. The number of rotatable bonds is 8. The molecular formula is C14H24N4O5. The van der Waals surface area contributed by atoms with Gasteiger partial charge in [-0.25, -0.2) is 4.79 Å². The molecule has 1 rings (SSSR count). The molecule has 9 nitrogen and oxygen atoms in total. The fourth-order valence-electron chi connectivity index (χ4n) is 2.18. The van der Waals surface area contributed by atoms with Crippen molar-refractivity contribution in [3.63, 3.8) is 0 Å². The molecule has 1 aliphatic rings. The lowest BCUT2D eigenvalue weighted by Crippen LogP contribution is -2.49. The third-order valence-electron chi connectivity index (χ3n) is 3.50. The molecule has 23 heavy (non-hydrogen) atoms. The van der Waals surface area contributed by atoms with Crippen LogP contribution in [0.3, 0.4) is 0 Å². The summed E-state index contributed by atoms with van der Waals surface area (Å²) in [5, 5.41) is 19.1. The molecule has 1 aliphatic heterocycles. The van der Waals surface area contributed by atoms with Crippen LogP contribution in [0.1, 0.15) is 26.7 Å². The number of amides is 3. The van der Waals surface area contributed by atoms with Crippen LogP contribution in [0.4, 0.5) is 0 Å². The fraction of sp³-hybridized carbons (Fsp3) is 0.714. The Morgan fingerprint density at radius 3 is 2.30 bits per heavy atom. The van der Waals surface area contributed by atoms with Gasteiger partial charge in [0.15, 0.2) is 0 Å². The maximum Gasteiger partial charge on any atom is 0.326 e. The van der Waals surface area contributed by atoms with Gasteiger partial charge >= 0.3 is 5.97 Å². The smallest absolute Gasteiger partial charge is 0.326 e. The summed E-state index contributed by atoms with van der Waals surface area (Å²) in [6.07, 6.45) is 1.66. The van der Waals surface area contributed by atoms with E-state index in [1.807, 2.05) is 0 Å². The van der Waals surface area contributed by atoms with E-state index in [-0.39, 0.29) is 31.0 Å². The predicted octanol–water partition coefficient (Wildman–Crippen LogP) is -1.80. The molecule has 0 aromatic heterocycles. The summed E-state index contributed by atoms with van der Waals surface area (Å²) >= 11 is 0. The van der Waals surface area contributed by atoms with Gasteiger partial charge < -0.3 is 26.4 Å². The zero-order valence-corrected chi connectivity index (χ0v) is 13.3. The number of carboxylic acid groups (broad SMARTS) is 1. The second-order valence-electron chi connectivity index (χ2n) is 5.77. The first-order valence-corrected chi connectivity index (χ1v) is 7.61. The van der Waals surface area contributed by atoms with Crippen LogP contribution in [0, 0.1) is 5.92 Å². The van der Waals surface area contributed by atoms with E-state index in [2.05, 4.69) is 21.3 Å². The number of carbonyl (C=O) groups excluding carboxylic acids is 3. The molecule has 3 amide bonds. The molecule has 0 bridgehead atoms. The highest BCUT2D eigenvalue weighted by molar-refractivity contribution is 5.90. The van der Waals surface area contributed by atoms with Crippen LogP contribution in [-0.2, 0) is 19.2 Å². The second kappa shape index (κ2) is 9.09. The Morgan fingerprint density at radius 1 is 1.13 bits per heavy atom. The Labute approximate surface area is 134 Å². The minimum absolute atomic E-state index is 0.225. The monoisotopic (exact) mass is 328 g/mol. The Bertz CT molecular complexity index is 460. The summed E-state index contributed by atoms with van der Waals surface area (Å²) in [5.41, 5.74) is 0. The summed E-state index contributed by atoms with van der Waals surface area (Å²) in [4.78, 5) is 45.9. The highest BCUT2D eigenvalue weighted by Gasteiger charge is 2.24. The van der Waals surface area contributed by atoms with Crippen molar-refractivity contribution in [2.24, 2.45) is 5.92 Å². The summed E-state index contributed by atoms with van der Waals surface area (Å²) in [7, 11) is 0. The van der Waals surface area contributed by atoms with Crippen molar-refractivity contribution in [2.45, 2.75) is 38.8 Å². The maximum absolute atomic E-state index is 11.7. The molecule has 0 aliphatic carbocycles. The van der Waals surface area contributed by atoms with Crippen LogP contribution >= 0.6 is 0 Å². The Morgan fingerprint density at radius 2 is 1.78 bits per heavy atom. The average molecular weight is 328 g/mol. The molecule has 130 valence electrons. The predicted molar refractivity (Wildman–Crippen MR) is 81.4 cm³/mol. The van der Waals surface area contributed by atoms with Crippen molar-refractivity contribution < 1.29 is 24.3 Å². The molecule has 0 radical (unpaired) electrons. The van der Waals surface area contributed by atoms with Crippen molar-refractivity contribution in [3.05, 3.63) is 0 Å². The third kappa shape index (κ3) is 6.64. The van der Waals surface area contributed by atoms with E-state index in [0.29, 0.717) is 0 Å². The number of hydrogen-bond donors (Lipinski definition) is 5. The second-order valence-corrected chi connectivity index (χ2v) is 5.77. The fourth-order valence-corrected chi connectivity index (χ4v) is 2.18. The molecule has 5 N–H and O–H groups in total. The van der Waals surface area contributed by atoms with Crippen LogP contribution in [0.2, 0.25) is 0 Å². The first-order valence-electron chi connectivity index (χ1n) is 7.61. The van der Waals surface area contributed by atoms with E-state index in [1.165, 1.54) is 0 Å². The molecular weight excluding hydrogens is 304 g/mol. The van der Waals surface area contributed by atoms with Crippen molar-refractivity contribution in [2.75, 3.05) is 19.6 Å². The van der Waals surface area contributed by atoms with Gasteiger partial charge in [-0.1, -0.05) is 13.8 Å². The van der Waals surface area contributed by atoms with E-state index in [0.717, 1.165) is 19.4 Å². The lowest BCUT2D eigenvalue weighted by molar-refractivity contribution is -0.143. The number of carboxylic acids is 1. The molecule has 1 saturated heterocycles. The highest BCUT2D eigenvalue weighted by Crippen LogP contribution is 2.04. The number of aliphatic carboxylic acids is 1. The number of carbonyl (C=O) groups is 4. The molecule has 0 aromatic rings. The van der Waals surface area contributed by atoms with Crippen molar-refractivity contribution >= 4 is 23.7 Å².